The number of benzene rings is 3. The molecule has 1 amide bonds. The molecule has 2 aromatic heterocycles. The number of pyridine rings is 1. The molecule has 3 aromatic carbocycles. The number of halogens is 2. The lowest BCUT2D eigenvalue weighted by molar-refractivity contribution is -0.116. The Morgan fingerprint density at radius 2 is 1.83 bits per heavy atom. The number of aromatic nitrogens is 2. The van der Waals surface area contributed by atoms with E-state index in [1.807, 2.05) is 42.5 Å². The van der Waals surface area contributed by atoms with Crippen LogP contribution in [0.3, 0.4) is 0 Å². The van der Waals surface area contributed by atoms with E-state index in [0.29, 0.717) is 21.5 Å². The molecule has 6 nitrogen and oxygen atoms in total. The van der Waals surface area contributed by atoms with E-state index in [4.69, 9.17) is 37.7 Å². The van der Waals surface area contributed by atoms with E-state index in [9.17, 15) is 4.79 Å². The molecule has 36 heavy (non-hydrogen) atoms. The van der Waals surface area contributed by atoms with Gasteiger partial charge in [0.1, 0.15) is 0 Å². The van der Waals surface area contributed by atoms with Crippen molar-refractivity contribution in [2.45, 2.75) is 6.54 Å². The summed E-state index contributed by atoms with van der Waals surface area (Å²) in [5, 5.41) is 5.94. The lowest BCUT2D eigenvalue weighted by Gasteiger charge is -2.09. The van der Waals surface area contributed by atoms with Crippen LogP contribution >= 0.6 is 23.2 Å². The van der Waals surface area contributed by atoms with Crippen molar-refractivity contribution in [3.05, 3.63) is 94.1 Å². The first-order valence-corrected chi connectivity index (χ1v) is 12.0. The summed E-state index contributed by atoms with van der Waals surface area (Å²) >= 11 is 12.0. The Kier molecular flexibility index (Phi) is 5.76. The standard InChI is InChI=1S/C28H19Cl2N3O3/c29-21-8-5-16(11-22(21)30)6-10-26(34)31-14-18-13-20-19-3-1-2-4-23(19)33-28(20)27(32-18)17-7-9-24-25(12-17)36-15-35-24/h1-13,33H,14-15H2,(H,31,34)/b10-6+. The molecule has 8 heteroatoms. The van der Waals surface area contributed by atoms with Crippen molar-refractivity contribution in [1.29, 1.82) is 0 Å². The van der Waals surface area contributed by atoms with Gasteiger partial charge >= 0.3 is 0 Å². The molecular weight excluding hydrogens is 497 g/mol. The quantitative estimate of drug-likeness (QED) is 0.254. The number of hydrogen-bond donors (Lipinski definition) is 2. The molecule has 3 heterocycles. The summed E-state index contributed by atoms with van der Waals surface area (Å²) in [4.78, 5) is 20.9. The molecule has 0 atom stereocenters. The highest BCUT2D eigenvalue weighted by Crippen LogP contribution is 2.38. The summed E-state index contributed by atoms with van der Waals surface area (Å²) < 4.78 is 11.0. The summed E-state index contributed by atoms with van der Waals surface area (Å²) in [5.74, 6) is 1.15. The second kappa shape index (κ2) is 9.22. The topological polar surface area (TPSA) is 76.2 Å². The first kappa shape index (κ1) is 22.5. The number of hydrogen-bond acceptors (Lipinski definition) is 4. The van der Waals surface area contributed by atoms with Crippen molar-refractivity contribution in [2.24, 2.45) is 0 Å². The van der Waals surface area contributed by atoms with E-state index < -0.39 is 0 Å². The van der Waals surface area contributed by atoms with Crippen LogP contribution in [0.1, 0.15) is 11.3 Å². The number of rotatable bonds is 5. The first-order chi connectivity index (χ1) is 17.5. The zero-order chi connectivity index (χ0) is 24.6. The summed E-state index contributed by atoms with van der Waals surface area (Å²) in [6, 6.07) is 21.1. The minimum atomic E-state index is -0.244. The third-order valence-corrected chi connectivity index (χ3v) is 6.75. The van der Waals surface area contributed by atoms with Crippen LogP contribution in [0, 0.1) is 0 Å². The van der Waals surface area contributed by atoms with Crippen molar-refractivity contribution in [3.8, 4) is 22.8 Å². The zero-order valence-corrected chi connectivity index (χ0v) is 20.4. The van der Waals surface area contributed by atoms with Gasteiger partial charge < -0.3 is 19.8 Å². The predicted octanol–water partition coefficient (Wildman–Crippen LogP) is 6.75. The zero-order valence-electron chi connectivity index (χ0n) is 18.8. The summed E-state index contributed by atoms with van der Waals surface area (Å²) in [6.07, 6.45) is 3.15. The molecule has 0 aliphatic carbocycles. The molecule has 0 bridgehead atoms. The monoisotopic (exact) mass is 515 g/mol. The van der Waals surface area contributed by atoms with Crippen LogP contribution in [-0.4, -0.2) is 22.7 Å². The van der Waals surface area contributed by atoms with Crippen molar-refractivity contribution < 1.29 is 14.3 Å². The second-order valence-electron chi connectivity index (χ2n) is 8.35. The van der Waals surface area contributed by atoms with Gasteiger partial charge in [-0.15, -0.1) is 0 Å². The molecule has 5 aromatic rings. The Balaban J connectivity index is 1.32. The molecule has 0 unspecified atom stereocenters. The Morgan fingerprint density at radius 3 is 2.72 bits per heavy atom. The lowest BCUT2D eigenvalue weighted by Crippen LogP contribution is -2.21. The summed E-state index contributed by atoms with van der Waals surface area (Å²) in [6.45, 7) is 0.466. The van der Waals surface area contributed by atoms with Gasteiger partial charge in [-0.05, 0) is 54.1 Å². The minimum absolute atomic E-state index is 0.204. The summed E-state index contributed by atoms with van der Waals surface area (Å²) in [5.41, 5.74) is 5.12. The molecule has 0 spiro atoms. The predicted molar refractivity (Wildman–Crippen MR) is 143 cm³/mol. The van der Waals surface area contributed by atoms with E-state index in [2.05, 4.69) is 16.4 Å². The number of amides is 1. The molecular formula is C28H19Cl2N3O3. The van der Waals surface area contributed by atoms with Crippen molar-refractivity contribution in [3.63, 3.8) is 0 Å². The Bertz CT molecular complexity index is 1680. The van der Waals surface area contributed by atoms with Gasteiger partial charge in [-0.25, -0.2) is 4.98 Å². The molecule has 178 valence electrons. The molecule has 0 radical (unpaired) electrons. The third kappa shape index (κ3) is 4.26. The van der Waals surface area contributed by atoms with E-state index in [1.165, 1.54) is 6.08 Å². The van der Waals surface area contributed by atoms with Gasteiger partial charge in [0.25, 0.3) is 0 Å². The number of H-pyrrole nitrogens is 1. The van der Waals surface area contributed by atoms with Crippen LogP contribution in [0.25, 0.3) is 39.1 Å². The maximum atomic E-state index is 12.5. The van der Waals surface area contributed by atoms with Gasteiger partial charge in [-0.2, -0.15) is 0 Å². The van der Waals surface area contributed by atoms with Gasteiger partial charge in [0.2, 0.25) is 12.7 Å². The van der Waals surface area contributed by atoms with Crippen LogP contribution in [0.2, 0.25) is 10.0 Å². The molecule has 0 fully saturated rings. The van der Waals surface area contributed by atoms with Gasteiger partial charge in [-0.1, -0.05) is 47.5 Å². The number of ether oxygens (including phenoxy) is 2. The van der Waals surface area contributed by atoms with Crippen molar-refractivity contribution in [2.75, 3.05) is 6.79 Å². The third-order valence-electron chi connectivity index (χ3n) is 6.01. The van der Waals surface area contributed by atoms with Crippen LogP contribution in [-0.2, 0) is 11.3 Å². The van der Waals surface area contributed by atoms with E-state index >= 15 is 0 Å². The Hall–Kier alpha value is -4.00. The molecule has 1 aliphatic heterocycles. The lowest BCUT2D eigenvalue weighted by atomic mass is 10.1. The van der Waals surface area contributed by atoms with Gasteiger partial charge in [0, 0.05) is 27.9 Å². The number of aromatic amines is 1. The summed E-state index contributed by atoms with van der Waals surface area (Å²) in [7, 11) is 0. The highest BCUT2D eigenvalue weighted by Gasteiger charge is 2.18. The van der Waals surface area contributed by atoms with E-state index in [1.54, 1.807) is 24.3 Å². The number of para-hydroxylation sites is 1. The smallest absolute Gasteiger partial charge is 0.244 e. The molecule has 0 saturated heterocycles. The minimum Gasteiger partial charge on any atom is -0.454 e. The maximum absolute atomic E-state index is 12.5. The normalized spacial score (nSPS) is 12.6. The molecule has 1 aliphatic rings. The number of carbonyl (C=O) groups is 1. The largest absolute Gasteiger partial charge is 0.454 e. The maximum Gasteiger partial charge on any atom is 0.244 e. The number of carbonyl (C=O) groups excluding carboxylic acids is 1. The average Bonchev–Trinajstić information content (AvgIpc) is 3.52. The van der Waals surface area contributed by atoms with E-state index in [0.717, 1.165) is 44.3 Å². The number of nitrogens with one attached hydrogen (secondary N) is 2. The van der Waals surface area contributed by atoms with Crippen molar-refractivity contribution in [1.82, 2.24) is 15.3 Å². The molecule has 6 rings (SSSR count). The molecule has 2 N–H and O–H groups in total. The van der Waals surface area contributed by atoms with Crippen LogP contribution in [0.15, 0.2) is 72.8 Å². The fourth-order valence-electron chi connectivity index (χ4n) is 4.27. The van der Waals surface area contributed by atoms with Gasteiger partial charge in [0.05, 0.1) is 33.5 Å². The first-order valence-electron chi connectivity index (χ1n) is 11.3. The second-order valence-corrected chi connectivity index (χ2v) is 9.16. The fraction of sp³-hybridized carbons (Fsp3) is 0.0714. The number of nitrogens with zero attached hydrogens (tertiary/aromatic N) is 1. The van der Waals surface area contributed by atoms with Gasteiger partial charge in [-0.3, -0.25) is 4.79 Å². The molecule has 0 saturated carbocycles. The number of fused-ring (bicyclic) bond motifs is 4. The SMILES string of the molecule is O=C(/C=C/c1ccc(Cl)c(Cl)c1)NCc1cc2c([nH]c3ccccc32)c(-c2ccc3c(c2)OCO3)n1. The van der Waals surface area contributed by atoms with E-state index in [-0.39, 0.29) is 19.2 Å². The van der Waals surface area contributed by atoms with Crippen LogP contribution in [0.4, 0.5) is 0 Å². The Morgan fingerprint density at radius 1 is 0.972 bits per heavy atom. The fourth-order valence-corrected chi connectivity index (χ4v) is 4.57. The van der Waals surface area contributed by atoms with Gasteiger partial charge in [0.15, 0.2) is 11.5 Å². The highest BCUT2D eigenvalue weighted by molar-refractivity contribution is 6.42. The van der Waals surface area contributed by atoms with Crippen LogP contribution in [0.5, 0.6) is 11.5 Å². The average molecular weight is 516 g/mol. The van der Waals surface area contributed by atoms with Crippen molar-refractivity contribution >= 4 is 57.0 Å². The van der Waals surface area contributed by atoms with Crippen LogP contribution < -0.4 is 14.8 Å². The highest BCUT2D eigenvalue weighted by atomic mass is 35.5. The Labute approximate surface area is 216 Å².